The lowest BCUT2D eigenvalue weighted by Crippen LogP contribution is -2.17. The van der Waals surface area contributed by atoms with Gasteiger partial charge >= 0.3 is 0 Å². The van der Waals surface area contributed by atoms with Gasteiger partial charge in [-0.1, -0.05) is 26.0 Å². The van der Waals surface area contributed by atoms with Gasteiger partial charge in [0.25, 0.3) is 15.9 Å². The summed E-state index contributed by atoms with van der Waals surface area (Å²) >= 11 is 1.30. The van der Waals surface area contributed by atoms with E-state index < -0.39 is 15.9 Å². The Morgan fingerprint density at radius 1 is 1.16 bits per heavy atom. The highest BCUT2D eigenvalue weighted by molar-refractivity contribution is 7.92. The summed E-state index contributed by atoms with van der Waals surface area (Å²) in [5.74, 6) is -0.768. The summed E-state index contributed by atoms with van der Waals surface area (Å²) < 4.78 is 29.4. The average molecular weight is 472 g/mol. The molecule has 0 atom stereocenters. The zero-order valence-electron chi connectivity index (χ0n) is 18.1. The van der Waals surface area contributed by atoms with Gasteiger partial charge in [-0.05, 0) is 61.1 Å². The number of nitrogens with two attached hydrogens (primary N) is 1. The van der Waals surface area contributed by atoms with Crippen LogP contribution in [0, 0.1) is 12.8 Å². The largest absolute Gasteiger partial charge is 0.365 e. The molecule has 1 heterocycles. The third-order valence-corrected chi connectivity index (χ3v) is 7.97. The molecule has 2 aromatic carbocycles. The number of aryl methyl sites for hydroxylation is 1. The van der Waals surface area contributed by atoms with E-state index in [-0.39, 0.29) is 28.2 Å². The van der Waals surface area contributed by atoms with E-state index in [1.807, 2.05) is 26.8 Å². The van der Waals surface area contributed by atoms with Crippen LogP contribution in [0.3, 0.4) is 0 Å². The Morgan fingerprint density at radius 2 is 1.88 bits per heavy atom. The fourth-order valence-electron chi connectivity index (χ4n) is 3.60. The molecule has 1 aliphatic rings. The van der Waals surface area contributed by atoms with Crippen LogP contribution in [0.1, 0.15) is 54.1 Å². The molecule has 7 nitrogen and oxygen atoms in total. The molecule has 0 bridgehead atoms. The first-order valence-corrected chi connectivity index (χ1v) is 12.7. The first kappa shape index (κ1) is 22.3. The Balaban J connectivity index is 1.83. The van der Waals surface area contributed by atoms with Gasteiger partial charge in [0, 0.05) is 21.7 Å². The third-order valence-electron chi connectivity index (χ3n) is 5.42. The fraction of sp³-hybridized carbons (Fsp3) is 0.304. The topological polar surface area (TPSA) is 118 Å². The summed E-state index contributed by atoms with van der Waals surface area (Å²) in [6.07, 6.45) is 1.68. The average Bonchev–Trinajstić information content (AvgIpc) is 3.49. The van der Waals surface area contributed by atoms with Gasteiger partial charge < -0.3 is 11.1 Å². The van der Waals surface area contributed by atoms with Crippen molar-refractivity contribution in [1.82, 2.24) is 0 Å². The summed E-state index contributed by atoms with van der Waals surface area (Å²) in [6.45, 7) is 5.79. The second-order valence-corrected chi connectivity index (χ2v) is 11.2. The molecule has 168 valence electrons. The van der Waals surface area contributed by atoms with E-state index in [0.29, 0.717) is 16.1 Å². The lowest BCUT2D eigenvalue weighted by molar-refractivity contribution is -0.117. The zero-order valence-corrected chi connectivity index (χ0v) is 19.7. The number of hydrogen-bond acceptors (Lipinski definition) is 5. The SMILES string of the molecule is Cc1cccc(S(=O)(=O)Nc2cc(C(C)C)c3sc(NC(=O)C4CC4)c(C(N)=O)c3c2)c1. The number of benzene rings is 2. The minimum atomic E-state index is -3.83. The van der Waals surface area contributed by atoms with Crippen molar-refractivity contribution < 1.29 is 18.0 Å². The number of carbonyl (C=O) groups excluding carboxylic acids is 2. The minimum Gasteiger partial charge on any atom is -0.365 e. The fourth-order valence-corrected chi connectivity index (χ4v) is 6.10. The van der Waals surface area contributed by atoms with Crippen molar-refractivity contribution in [1.29, 1.82) is 0 Å². The maximum atomic E-state index is 13.0. The maximum absolute atomic E-state index is 13.0. The smallest absolute Gasteiger partial charge is 0.261 e. The highest BCUT2D eigenvalue weighted by Crippen LogP contribution is 2.43. The normalized spacial score (nSPS) is 14.0. The van der Waals surface area contributed by atoms with Crippen molar-refractivity contribution in [3.8, 4) is 0 Å². The number of fused-ring (bicyclic) bond motifs is 1. The molecule has 0 spiro atoms. The summed E-state index contributed by atoms with van der Waals surface area (Å²) in [5.41, 5.74) is 7.92. The number of carbonyl (C=O) groups is 2. The van der Waals surface area contributed by atoms with Crippen LogP contribution in [0.5, 0.6) is 0 Å². The Morgan fingerprint density at radius 3 is 2.47 bits per heavy atom. The predicted molar refractivity (Wildman–Crippen MR) is 128 cm³/mol. The van der Waals surface area contributed by atoms with Gasteiger partial charge in [-0.25, -0.2) is 8.42 Å². The van der Waals surface area contributed by atoms with Crippen LogP contribution in [0.4, 0.5) is 10.7 Å². The Hall–Kier alpha value is -2.91. The number of nitrogens with one attached hydrogen (secondary N) is 2. The van der Waals surface area contributed by atoms with Gasteiger partial charge in [0.15, 0.2) is 0 Å². The van der Waals surface area contributed by atoms with E-state index in [1.165, 1.54) is 17.4 Å². The third kappa shape index (κ3) is 4.35. The van der Waals surface area contributed by atoms with Gasteiger partial charge in [-0.2, -0.15) is 0 Å². The van der Waals surface area contributed by atoms with Crippen molar-refractivity contribution in [2.45, 2.75) is 44.4 Å². The van der Waals surface area contributed by atoms with Crippen molar-refractivity contribution in [3.63, 3.8) is 0 Å². The Labute approximate surface area is 191 Å². The van der Waals surface area contributed by atoms with Crippen LogP contribution >= 0.6 is 11.3 Å². The van der Waals surface area contributed by atoms with Crippen LogP contribution in [0.2, 0.25) is 0 Å². The number of thiophene rings is 1. The molecular weight excluding hydrogens is 446 g/mol. The van der Waals surface area contributed by atoms with Gasteiger partial charge in [0.1, 0.15) is 5.00 Å². The molecule has 9 heteroatoms. The molecule has 3 aromatic rings. The quantitative estimate of drug-likeness (QED) is 0.467. The van der Waals surface area contributed by atoms with Crippen LogP contribution in [-0.4, -0.2) is 20.2 Å². The van der Waals surface area contributed by atoms with Crippen molar-refractivity contribution in [3.05, 3.63) is 53.1 Å². The number of primary amides is 1. The molecule has 4 N–H and O–H groups in total. The highest BCUT2D eigenvalue weighted by atomic mass is 32.2. The number of amides is 2. The van der Waals surface area contributed by atoms with Crippen LogP contribution in [-0.2, 0) is 14.8 Å². The molecule has 0 radical (unpaired) electrons. The molecule has 0 unspecified atom stereocenters. The molecule has 4 rings (SSSR count). The van der Waals surface area contributed by atoms with Gasteiger partial charge in [0.2, 0.25) is 5.91 Å². The Bertz CT molecular complexity index is 1340. The Kier molecular flexibility index (Phi) is 5.72. The van der Waals surface area contributed by atoms with E-state index in [4.69, 9.17) is 5.73 Å². The second-order valence-electron chi connectivity index (χ2n) is 8.45. The van der Waals surface area contributed by atoms with Crippen LogP contribution in [0.15, 0.2) is 41.3 Å². The second kappa shape index (κ2) is 8.22. The summed E-state index contributed by atoms with van der Waals surface area (Å²) in [7, 11) is -3.83. The van der Waals surface area contributed by atoms with Gasteiger partial charge in [-0.15, -0.1) is 11.3 Å². The highest BCUT2D eigenvalue weighted by Gasteiger charge is 2.31. The monoisotopic (exact) mass is 471 g/mol. The first-order chi connectivity index (χ1) is 15.1. The maximum Gasteiger partial charge on any atom is 0.261 e. The number of sulfonamides is 1. The van der Waals surface area contributed by atoms with Gasteiger partial charge in [-0.3, -0.25) is 14.3 Å². The molecule has 0 saturated heterocycles. The van der Waals surface area contributed by atoms with E-state index in [1.54, 1.807) is 24.3 Å². The lowest BCUT2D eigenvalue weighted by Gasteiger charge is -2.13. The molecule has 32 heavy (non-hydrogen) atoms. The molecule has 1 aliphatic carbocycles. The van der Waals surface area contributed by atoms with Crippen molar-refractivity contribution in [2.24, 2.45) is 11.7 Å². The lowest BCUT2D eigenvalue weighted by atomic mass is 9.99. The standard InChI is InChI=1S/C23H25N3O4S2/c1-12(2)17-10-15(26-32(29,30)16-6-4-5-13(3)9-16)11-18-19(21(24)27)23(31-20(17)18)25-22(28)14-7-8-14/h4-6,9-12,14,26H,7-8H2,1-3H3,(H2,24,27)(H,25,28). The molecule has 0 aliphatic heterocycles. The summed E-state index contributed by atoms with van der Waals surface area (Å²) in [4.78, 5) is 24.8. The summed E-state index contributed by atoms with van der Waals surface area (Å²) in [6, 6.07) is 10.0. The van der Waals surface area contributed by atoms with Crippen molar-refractivity contribution in [2.75, 3.05) is 10.0 Å². The van der Waals surface area contributed by atoms with Crippen LogP contribution in [0.25, 0.3) is 10.1 Å². The van der Waals surface area contributed by atoms with Crippen molar-refractivity contribution >= 4 is 53.9 Å². The molecular formula is C23H25N3O4S2. The molecule has 1 saturated carbocycles. The predicted octanol–water partition coefficient (Wildman–Crippen LogP) is 4.58. The van der Waals surface area contributed by atoms with Gasteiger partial charge in [0.05, 0.1) is 10.5 Å². The van der Waals surface area contributed by atoms with Crippen LogP contribution < -0.4 is 15.8 Å². The number of hydrogen-bond donors (Lipinski definition) is 3. The van der Waals surface area contributed by atoms with E-state index in [2.05, 4.69) is 10.0 Å². The van der Waals surface area contributed by atoms with E-state index in [9.17, 15) is 18.0 Å². The van der Waals surface area contributed by atoms with E-state index >= 15 is 0 Å². The zero-order chi connectivity index (χ0) is 23.2. The number of rotatable bonds is 7. The van der Waals surface area contributed by atoms with E-state index in [0.717, 1.165) is 28.7 Å². The molecule has 1 aromatic heterocycles. The number of anilines is 2. The summed E-state index contributed by atoms with van der Waals surface area (Å²) in [5, 5.41) is 3.79. The minimum absolute atomic E-state index is 0.0257. The molecule has 2 amide bonds. The first-order valence-electron chi connectivity index (χ1n) is 10.4. The molecule has 1 fully saturated rings.